The molecule has 0 aliphatic carbocycles. The van der Waals surface area contributed by atoms with Gasteiger partial charge in [0, 0.05) is 12.1 Å². The maximum Gasteiger partial charge on any atom is 0.319 e. The molecular weight excluding hydrogens is 334 g/mol. The number of amides is 3. The Morgan fingerprint density at radius 2 is 2.17 bits per heavy atom. The van der Waals surface area contributed by atoms with Gasteiger partial charge in [-0.25, -0.2) is 4.79 Å². The van der Waals surface area contributed by atoms with E-state index in [0.717, 1.165) is 23.2 Å². The second kappa shape index (κ2) is 6.60. The van der Waals surface area contributed by atoms with Crippen LogP contribution in [0.1, 0.15) is 30.5 Å². The van der Waals surface area contributed by atoms with Gasteiger partial charge in [0.1, 0.15) is 4.34 Å². The molecule has 23 heavy (non-hydrogen) atoms. The molecule has 1 aliphatic heterocycles. The van der Waals surface area contributed by atoms with Crippen LogP contribution in [0.25, 0.3) is 0 Å². The van der Waals surface area contributed by atoms with Gasteiger partial charge in [0.15, 0.2) is 0 Å². The van der Waals surface area contributed by atoms with Crippen LogP contribution in [-0.4, -0.2) is 11.9 Å². The molecule has 1 unspecified atom stereocenters. The Morgan fingerprint density at radius 1 is 1.35 bits per heavy atom. The van der Waals surface area contributed by atoms with E-state index in [0.29, 0.717) is 16.4 Å². The largest absolute Gasteiger partial charge is 0.331 e. The van der Waals surface area contributed by atoms with Crippen LogP contribution >= 0.6 is 22.9 Å². The number of aryl methyl sites for hydroxylation is 1. The molecule has 1 aromatic heterocycles. The van der Waals surface area contributed by atoms with Gasteiger partial charge in [-0.3, -0.25) is 4.79 Å². The summed E-state index contributed by atoms with van der Waals surface area (Å²) in [6, 6.07) is 7.12. The number of anilines is 2. The van der Waals surface area contributed by atoms with Gasteiger partial charge >= 0.3 is 6.03 Å². The fraction of sp³-hybridized carbons (Fsp3) is 0.250. The lowest BCUT2D eigenvalue weighted by Crippen LogP contribution is -2.31. The summed E-state index contributed by atoms with van der Waals surface area (Å²) in [4.78, 5) is 23.4. The highest BCUT2D eigenvalue weighted by molar-refractivity contribution is 7.15. The minimum absolute atomic E-state index is 0.0449. The van der Waals surface area contributed by atoms with Crippen molar-refractivity contribution < 1.29 is 9.59 Å². The van der Waals surface area contributed by atoms with Gasteiger partial charge in [-0.2, -0.15) is 0 Å². The maximum atomic E-state index is 12.0. The van der Waals surface area contributed by atoms with Crippen LogP contribution in [0.15, 0.2) is 29.6 Å². The Morgan fingerprint density at radius 3 is 2.91 bits per heavy atom. The van der Waals surface area contributed by atoms with E-state index in [-0.39, 0.29) is 18.0 Å². The van der Waals surface area contributed by atoms with E-state index in [1.165, 1.54) is 11.3 Å². The van der Waals surface area contributed by atoms with E-state index in [1.807, 2.05) is 30.5 Å². The Labute approximate surface area is 143 Å². The molecule has 0 bridgehead atoms. The molecule has 120 valence electrons. The van der Waals surface area contributed by atoms with Crippen molar-refractivity contribution >= 4 is 46.3 Å². The summed E-state index contributed by atoms with van der Waals surface area (Å²) in [5.74, 6) is 0.0449. The van der Waals surface area contributed by atoms with E-state index >= 15 is 0 Å². The Hall–Kier alpha value is -2.05. The number of halogens is 1. The van der Waals surface area contributed by atoms with Crippen molar-refractivity contribution in [2.45, 2.75) is 25.8 Å². The predicted octanol–water partition coefficient (Wildman–Crippen LogP) is 4.17. The molecule has 1 aromatic carbocycles. The van der Waals surface area contributed by atoms with Gasteiger partial charge in [0.25, 0.3) is 0 Å². The lowest BCUT2D eigenvalue weighted by atomic mass is 9.98. The highest BCUT2D eigenvalue weighted by Gasteiger charge is 2.17. The Bertz CT molecular complexity index is 760. The first-order valence-electron chi connectivity index (χ1n) is 7.26. The number of rotatable bonds is 3. The van der Waals surface area contributed by atoms with Gasteiger partial charge in [-0.1, -0.05) is 23.7 Å². The number of benzene rings is 1. The third-order valence-electron chi connectivity index (χ3n) is 3.74. The highest BCUT2D eigenvalue weighted by Crippen LogP contribution is 2.28. The zero-order chi connectivity index (χ0) is 16.4. The SMILES string of the molecule is CC(NC(=O)Nc1ccsc1Cl)c1ccc2c(c1)CCC(=O)N2. The maximum absolute atomic E-state index is 12.0. The van der Waals surface area contributed by atoms with Crippen molar-refractivity contribution in [2.75, 3.05) is 10.6 Å². The number of thiophene rings is 1. The van der Waals surface area contributed by atoms with Crippen LogP contribution in [0.4, 0.5) is 16.2 Å². The third kappa shape index (κ3) is 3.65. The minimum atomic E-state index is -0.302. The van der Waals surface area contributed by atoms with E-state index in [9.17, 15) is 9.59 Å². The first kappa shape index (κ1) is 15.8. The van der Waals surface area contributed by atoms with Gasteiger partial charge in [-0.05, 0) is 42.0 Å². The van der Waals surface area contributed by atoms with Gasteiger partial charge in [-0.15, -0.1) is 11.3 Å². The van der Waals surface area contributed by atoms with Crippen molar-refractivity contribution in [2.24, 2.45) is 0 Å². The number of carbonyl (C=O) groups excluding carboxylic acids is 2. The fourth-order valence-electron chi connectivity index (χ4n) is 2.49. The van der Waals surface area contributed by atoms with Crippen molar-refractivity contribution in [3.8, 4) is 0 Å². The first-order chi connectivity index (χ1) is 11.0. The number of hydrogen-bond donors (Lipinski definition) is 3. The second-order valence-corrected chi connectivity index (χ2v) is 6.91. The van der Waals surface area contributed by atoms with E-state index in [1.54, 1.807) is 6.07 Å². The quantitative estimate of drug-likeness (QED) is 0.778. The molecule has 5 nitrogen and oxygen atoms in total. The lowest BCUT2D eigenvalue weighted by Gasteiger charge is -2.20. The van der Waals surface area contributed by atoms with Crippen LogP contribution in [0.3, 0.4) is 0 Å². The summed E-state index contributed by atoms with van der Waals surface area (Å²) < 4.78 is 0.553. The molecule has 1 aliphatic rings. The van der Waals surface area contributed by atoms with Gasteiger partial charge < -0.3 is 16.0 Å². The van der Waals surface area contributed by atoms with E-state index < -0.39 is 0 Å². The standard InChI is InChI=1S/C16H16ClN3O2S/c1-9(18-16(22)20-13-6-7-23-15(13)17)10-2-4-12-11(8-10)3-5-14(21)19-12/h2,4,6-9H,3,5H2,1H3,(H,19,21)(H2,18,20,22). The van der Waals surface area contributed by atoms with Crippen molar-refractivity contribution in [1.82, 2.24) is 5.32 Å². The topological polar surface area (TPSA) is 70.2 Å². The molecule has 3 amide bonds. The van der Waals surface area contributed by atoms with Crippen LogP contribution in [0, 0.1) is 0 Å². The first-order valence-corrected chi connectivity index (χ1v) is 8.52. The molecule has 0 saturated carbocycles. The molecular formula is C16H16ClN3O2S. The number of hydrogen-bond acceptors (Lipinski definition) is 3. The van der Waals surface area contributed by atoms with Crippen LogP contribution in [-0.2, 0) is 11.2 Å². The molecule has 0 radical (unpaired) electrons. The molecule has 7 heteroatoms. The number of urea groups is 1. The smallest absolute Gasteiger partial charge is 0.319 e. The van der Waals surface area contributed by atoms with Crippen LogP contribution in [0.5, 0.6) is 0 Å². The van der Waals surface area contributed by atoms with Crippen molar-refractivity contribution in [1.29, 1.82) is 0 Å². The normalized spacial score (nSPS) is 14.6. The summed E-state index contributed by atoms with van der Waals surface area (Å²) in [6.07, 6.45) is 1.22. The van der Waals surface area contributed by atoms with E-state index in [2.05, 4.69) is 16.0 Å². The van der Waals surface area contributed by atoms with Crippen LogP contribution < -0.4 is 16.0 Å². The summed E-state index contributed by atoms with van der Waals surface area (Å²) in [5, 5.41) is 10.3. The summed E-state index contributed by atoms with van der Waals surface area (Å²) in [6.45, 7) is 1.91. The fourth-order valence-corrected chi connectivity index (χ4v) is 3.33. The second-order valence-electron chi connectivity index (χ2n) is 5.39. The summed E-state index contributed by atoms with van der Waals surface area (Å²) in [7, 11) is 0. The number of nitrogens with one attached hydrogen (secondary N) is 3. The molecule has 0 spiro atoms. The third-order valence-corrected chi connectivity index (χ3v) is 4.91. The Balaban J connectivity index is 1.66. The van der Waals surface area contributed by atoms with E-state index in [4.69, 9.17) is 11.6 Å². The predicted molar refractivity (Wildman–Crippen MR) is 93.3 cm³/mol. The number of carbonyl (C=O) groups is 2. The van der Waals surface area contributed by atoms with Crippen molar-refractivity contribution in [3.63, 3.8) is 0 Å². The average Bonchev–Trinajstić information content (AvgIpc) is 2.91. The molecule has 0 saturated heterocycles. The Kier molecular flexibility index (Phi) is 4.54. The zero-order valence-corrected chi connectivity index (χ0v) is 14.1. The summed E-state index contributed by atoms with van der Waals surface area (Å²) >= 11 is 7.34. The molecule has 0 fully saturated rings. The number of fused-ring (bicyclic) bond motifs is 1. The average molecular weight is 350 g/mol. The monoisotopic (exact) mass is 349 g/mol. The molecule has 1 atom stereocenters. The summed E-state index contributed by atoms with van der Waals surface area (Å²) in [5.41, 5.74) is 3.55. The zero-order valence-electron chi connectivity index (χ0n) is 12.5. The van der Waals surface area contributed by atoms with Crippen molar-refractivity contribution in [3.05, 3.63) is 45.1 Å². The van der Waals surface area contributed by atoms with Crippen LogP contribution in [0.2, 0.25) is 4.34 Å². The molecule has 3 N–H and O–H groups in total. The lowest BCUT2D eigenvalue weighted by molar-refractivity contribution is -0.116. The van der Waals surface area contributed by atoms with Gasteiger partial charge in [0.05, 0.1) is 11.7 Å². The molecule has 2 heterocycles. The highest BCUT2D eigenvalue weighted by atomic mass is 35.5. The minimum Gasteiger partial charge on any atom is -0.331 e. The molecule has 2 aromatic rings. The van der Waals surface area contributed by atoms with Gasteiger partial charge in [0.2, 0.25) is 5.91 Å². The molecule has 3 rings (SSSR count).